The van der Waals surface area contributed by atoms with Gasteiger partial charge >= 0.3 is 0 Å². The van der Waals surface area contributed by atoms with Crippen molar-refractivity contribution in [2.75, 3.05) is 13.5 Å². The molecule has 62 valence electrons. The van der Waals surface area contributed by atoms with Crippen molar-refractivity contribution >= 4 is 0 Å². The van der Waals surface area contributed by atoms with Crippen LogP contribution in [0, 0.1) is 17.8 Å². The first-order valence-corrected chi connectivity index (χ1v) is 4.22. The second-order valence-corrected chi connectivity index (χ2v) is 3.52. The molecule has 2 heteroatoms. The van der Waals surface area contributed by atoms with E-state index in [0.717, 1.165) is 5.92 Å². The number of alkyl halides is 1. The molecule has 0 N–H and O–H groups in total. The van der Waals surface area contributed by atoms with Gasteiger partial charge in [0.05, 0.1) is 6.61 Å². The second-order valence-electron chi connectivity index (χ2n) is 3.52. The van der Waals surface area contributed by atoms with Gasteiger partial charge in [-0.1, -0.05) is 12.2 Å². The zero-order valence-electron chi connectivity index (χ0n) is 6.50. The number of allylic oxidation sites excluding steroid dienone is 2. The number of halogens is 1. The monoisotopic (exact) mass is 156 g/mol. The largest absolute Gasteiger partial charge is 0.350 e. The van der Waals surface area contributed by atoms with E-state index in [0.29, 0.717) is 18.4 Å². The average molecular weight is 156 g/mol. The van der Waals surface area contributed by atoms with Crippen molar-refractivity contribution in [2.45, 2.75) is 12.8 Å². The molecule has 1 nitrogen and oxygen atoms in total. The summed E-state index contributed by atoms with van der Waals surface area (Å²) in [5.74, 6) is 2.06. The molecule has 11 heavy (non-hydrogen) atoms. The lowest BCUT2D eigenvalue weighted by atomic mass is 9.95. The Morgan fingerprint density at radius 1 is 1.36 bits per heavy atom. The van der Waals surface area contributed by atoms with E-state index in [2.05, 4.69) is 12.2 Å². The number of rotatable bonds is 3. The first-order valence-electron chi connectivity index (χ1n) is 4.22. The molecule has 0 aliphatic heterocycles. The van der Waals surface area contributed by atoms with Crippen LogP contribution in [0.2, 0.25) is 0 Å². The van der Waals surface area contributed by atoms with Gasteiger partial charge < -0.3 is 4.74 Å². The molecule has 0 amide bonds. The van der Waals surface area contributed by atoms with Gasteiger partial charge in [-0.2, -0.15) is 0 Å². The van der Waals surface area contributed by atoms with Crippen LogP contribution in [0.15, 0.2) is 12.2 Å². The molecule has 0 spiro atoms. The van der Waals surface area contributed by atoms with Crippen LogP contribution < -0.4 is 0 Å². The van der Waals surface area contributed by atoms with Gasteiger partial charge in [0.2, 0.25) is 0 Å². The van der Waals surface area contributed by atoms with E-state index in [4.69, 9.17) is 4.74 Å². The molecule has 0 aromatic rings. The smallest absolute Gasteiger partial charge is 0.188 e. The lowest BCUT2D eigenvalue weighted by Crippen LogP contribution is -2.13. The second kappa shape index (κ2) is 2.94. The maximum atomic E-state index is 11.6. The molecule has 0 aromatic heterocycles. The summed E-state index contributed by atoms with van der Waals surface area (Å²) in [6, 6.07) is 0. The van der Waals surface area contributed by atoms with E-state index in [9.17, 15) is 4.39 Å². The molecule has 3 atom stereocenters. The highest BCUT2D eigenvalue weighted by Gasteiger charge is 2.35. The van der Waals surface area contributed by atoms with E-state index in [1.165, 1.54) is 12.8 Å². The summed E-state index contributed by atoms with van der Waals surface area (Å²) in [6.07, 6.45) is 7.04. The molecule has 0 radical (unpaired) electrons. The van der Waals surface area contributed by atoms with Crippen molar-refractivity contribution in [2.24, 2.45) is 17.8 Å². The van der Waals surface area contributed by atoms with Gasteiger partial charge in [0.1, 0.15) is 0 Å². The van der Waals surface area contributed by atoms with Crippen LogP contribution in [-0.2, 0) is 4.74 Å². The van der Waals surface area contributed by atoms with E-state index in [1.807, 2.05) is 0 Å². The first-order chi connectivity index (χ1) is 5.40. The molecule has 2 aliphatic rings. The molecular formula is C9H13FO. The summed E-state index contributed by atoms with van der Waals surface area (Å²) >= 11 is 0. The molecule has 0 aromatic carbocycles. The van der Waals surface area contributed by atoms with Crippen LogP contribution in [0.25, 0.3) is 0 Å². The van der Waals surface area contributed by atoms with Crippen molar-refractivity contribution in [1.29, 1.82) is 0 Å². The Labute approximate surface area is 66.2 Å². The maximum absolute atomic E-state index is 11.6. The standard InChI is InChI=1S/C9H13FO/c10-6-11-5-9-4-7-1-2-8(9)3-7/h1-2,7-9H,3-6H2. The Bertz CT molecular complexity index is 167. The van der Waals surface area contributed by atoms with E-state index < -0.39 is 6.86 Å². The summed E-state index contributed by atoms with van der Waals surface area (Å²) in [5, 5.41) is 0. The van der Waals surface area contributed by atoms with E-state index >= 15 is 0 Å². The molecule has 0 saturated heterocycles. The number of hydrogen-bond donors (Lipinski definition) is 0. The van der Waals surface area contributed by atoms with Crippen molar-refractivity contribution in [3.05, 3.63) is 12.2 Å². The summed E-state index contributed by atoms with van der Waals surface area (Å²) in [6.45, 7) is -0.0143. The molecule has 2 rings (SSSR count). The summed E-state index contributed by atoms with van der Waals surface area (Å²) in [5.41, 5.74) is 0. The van der Waals surface area contributed by atoms with Crippen molar-refractivity contribution < 1.29 is 9.13 Å². The molecule has 1 fully saturated rings. The Kier molecular flexibility index (Phi) is 1.95. The van der Waals surface area contributed by atoms with Gasteiger partial charge in [0.15, 0.2) is 6.86 Å². The van der Waals surface area contributed by atoms with Gasteiger partial charge in [0.25, 0.3) is 0 Å². The maximum Gasteiger partial charge on any atom is 0.188 e. The minimum absolute atomic E-state index is 0.598. The van der Waals surface area contributed by atoms with Gasteiger partial charge in [-0.3, -0.25) is 0 Å². The van der Waals surface area contributed by atoms with E-state index in [1.54, 1.807) is 0 Å². The Balaban J connectivity index is 1.84. The lowest BCUT2D eigenvalue weighted by molar-refractivity contribution is 0.0295. The minimum Gasteiger partial charge on any atom is -0.350 e. The van der Waals surface area contributed by atoms with Crippen LogP contribution in [0.4, 0.5) is 4.39 Å². The number of ether oxygens (including phenoxy) is 1. The highest BCUT2D eigenvalue weighted by Crippen LogP contribution is 2.43. The molecule has 1 saturated carbocycles. The van der Waals surface area contributed by atoms with Crippen LogP contribution in [0.1, 0.15) is 12.8 Å². The van der Waals surface area contributed by atoms with Crippen LogP contribution >= 0.6 is 0 Å². The highest BCUT2D eigenvalue weighted by molar-refractivity contribution is 5.09. The van der Waals surface area contributed by atoms with Gasteiger partial charge in [0, 0.05) is 0 Å². The highest BCUT2D eigenvalue weighted by atomic mass is 19.1. The third-order valence-electron chi connectivity index (χ3n) is 2.83. The summed E-state index contributed by atoms with van der Waals surface area (Å²) < 4.78 is 16.4. The average Bonchev–Trinajstić information content (AvgIpc) is 2.60. The first kappa shape index (κ1) is 7.29. The number of fused-ring (bicyclic) bond motifs is 2. The third-order valence-corrected chi connectivity index (χ3v) is 2.83. The SMILES string of the molecule is FCOCC1CC2C=CC1C2. The fourth-order valence-electron chi connectivity index (χ4n) is 2.28. The number of hydrogen-bond acceptors (Lipinski definition) is 1. The van der Waals surface area contributed by atoms with Gasteiger partial charge in [-0.05, 0) is 30.6 Å². The fourth-order valence-corrected chi connectivity index (χ4v) is 2.28. The lowest BCUT2D eigenvalue weighted by Gasteiger charge is -2.16. The minimum atomic E-state index is -0.627. The normalized spacial score (nSPS) is 40.3. The van der Waals surface area contributed by atoms with Crippen LogP contribution in [0.5, 0.6) is 0 Å². The molecular weight excluding hydrogens is 143 g/mol. The topological polar surface area (TPSA) is 9.23 Å². The summed E-state index contributed by atoms with van der Waals surface area (Å²) in [7, 11) is 0. The Hall–Kier alpha value is -0.370. The van der Waals surface area contributed by atoms with Crippen molar-refractivity contribution in [3.63, 3.8) is 0 Å². The summed E-state index contributed by atoms with van der Waals surface area (Å²) in [4.78, 5) is 0. The molecule has 3 unspecified atom stereocenters. The Morgan fingerprint density at radius 2 is 2.27 bits per heavy atom. The van der Waals surface area contributed by atoms with Gasteiger partial charge in [-0.15, -0.1) is 0 Å². The van der Waals surface area contributed by atoms with Crippen molar-refractivity contribution in [1.82, 2.24) is 0 Å². The zero-order valence-corrected chi connectivity index (χ0v) is 6.50. The van der Waals surface area contributed by atoms with Crippen LogP contribution in [-0.4, -0.2) is 13.5 Å². The molecule has 0 heterocycles. The van der Waals surface area contributed by atoms with E-state index in [-0.39, 0.29) is 0 Å². The predicted molar refractivity (Wildman–Crippen MR) is 40.8 cm³/mol. The quantitative estimate of drug-likeness (QED) is 0.569. The third kappa shape index (κ3) is 1.32. The van der Waals surface area contributed by atoms with Crippen LogP contribution in [0.3, 0.4) is 0 Å². The van der Waals surface area contributed by atoms with Gasteiger partial charge in [-0.25, -0.2) is 4.39 Å². The fraction of sp³-hybridized carbons (Fsp3) is 0.778. The predicted octanol–water partition coefficient (Wildman–Crippen LogP) is 2.14. The zero-order chi connectivity index (χ0) is 7.68. The molecule has 2 aliphatic carbocycles. The Morgan fingerprint density at radius 3 is 2.82 bits per heavy atom. The molecule has 2 bridgehead atoms. The van der Waals surface area contributed by atoms with Crippen molar-refractivity contribution in [3.8, 4) is 0 Å².